The summed E-state index contributed by atoms with van der Waals surface area (Å²) >= 11 is 4.61. The van der Waals surface area contributed by atoms with Gasteiger partial charge in [0, 0.05) is 27.2 Å². The van der Waals surface area contributed by atoms with Crippen molar-refractivity contribution in [3.8, 4) is 11.1 Å². The van der Waals surface area contributed by atoms with Crippen LogP contribution < -0.4 is 5.32 Å². The third-order valence-electron chi connectivity index (χ3n) is 4.59. The van der Waals surface area contributed by atoms with E-state index in [0.29, 0.717) is 16.1 Å². The van der Waals surface area contributed by atoms with E-state index >= 15 is 0 Å². The Labute approximate surface area is 179 Å². The molecule has 0 unspecified atom stereocenters. The highest BCUT2D eigenvalue weighted by molar-refractivity contribution is 9.08. The van der Waals surface area contributed by atoms with Gasteiger partial charge in [-0.3, -0.25) is 4.79 Å². The summed E-state index contributed by atoms with van der Waals surface area (Å²) in [6.07, 6.45) is 1.66. The Morgan fingerprint density at radius 3 is 2.59 bits per heavy atom. The molecule has 146 valence electrons. The highest BCUT2D eigenvalue weighted by Gasteiger charge is 2.21. The molecule has 5 nitrogen and oxygen atoms in total. The Bertz CT molecular complexity index is 1190. The van der Waals surface area contributed by atoms with Crippen LogP contribution in [0.1, 0.15) is 21.5 Å². The van der Waals surface area contributed by atoms with Crippen LogP contribution in [0.3, 0.4) is 0 Å². The van der Waals surface area contributed by atoms with Gasteiger partial charge in [-0.2, -0.15) is 0 Å². The van der Waals surface area contributed by atoms with Gasteiger partial charge in [-0.15, -0.1) is 11.3 Å². The predicted octanol–water partition coefficient (Wildman–Crippen LogP) is 5.94. The summed E-state index contributed by atoms with van der Waals surface area (Å²) in [5.74, 6) is -1.36. The first-order valence-electron chi connectivity index (χ1n) is 8.82. The number of para-hydroxylation sites is 1. The molecule has 2 aromatic heterocycles. The maximum Gasteiger partial charge on any atom is 0.339 e. The van der Waals surface area contributed by atoms with Crippen LogP contribution in [0.25, 0.3) is 22.1 Å². The standard InChI is InChI=1S/C22H16BrNO4S/c23-10-13-5-7-14(8-6-13)17-12-29-21(20(17)22(26)27)24-19(25)9-15-11-28-18-4-2-1-3-16(15)18/h1-8,11-12H,9-10H2,(H,24,25)(H,26,27). The molecule has 4 aromatic rings. The number of hydrogen-bond acceptors (Lipinski definition) is 4. The van der Waals surface area contributed by atoms with Crippen LogP contribution in [-0.2, 0) is 16.5 Å². The number of alkyl halides is 1. The van der Waals surface area contributed by atoms with Gasteiger partial charge in [0.25, 0.3) is 0 Å². The van der Waals surface area contributed by atoms with Crippen LogP contribution >= 0.6 is 27.3 Å². The molecule has 0 bridgehead atoms. The molecule has 0 aliphatic carbocycles. The van der Waals surface area contributed by atoms with Crippen LogP contribution in [-0.4, -0.2) is 17.0 Å². The van der Waals surface area contributed by atoms with E-state index in [1.165, 1.54) is 11.3 Å². The molecular weight excluding hydrogens is 454 g/mol. The first-order chi connectivity index (χ1) is 14.1. The molecule has 0 radical (unpaired) electrons. The molecule has 2 heterocycles. The smallest absolute Gasteiger partial charge is 0.339 e. The first-order valence-corrected chi connectivity index (χ1v) is 10.8. The van der Waals surface area contributed by atoms with E-state index < -0.39 is 5.97 Å². The Hall–Kier alpha value is -2.90. The number of furan rings is 1. The van der Waals surface area contributed by atoms with Crippen LogP contribution in [0.15, 0.2) is 64.6 Å². The predicted molar refractivity (Wildman–Crippen MR) is 118 cm³/mol. The normalized spacial score (nSPS) is 10.9. The van der Waals surface area contributed by atoms with Gasteiger partial charge in [0.15, 0.2) is 0 Å². The van der Waals surface area contributed by atoms with Crippen molar-refractivity contribution >= 4 is 55.1 Å². The summed E-state index contributed by atoms with van der Waals surface area (Å²) in [6.45, 7) is 0. The van der Waals surface area contributed by atoms with Crippen molar-refractivity contribution in [2.45, 2.75) is 11.8 Å². The number of nitrogens with one attached hydrogen (secondary N) is 1. The number of hydrogen-bond donors (Lipinski definition) is 2. The number of aromatic carboxylic acids is 1. The van der Waals surface area contributed by atoms with Crippen molar-refractivity contribution in [3.63, 3.8) is 0 Å². The Balaban J connectivity index is 1.59. The first kappa shape index (κ1) is 19.4. The molecule has 0 aliphatic rings. The van der Waals surface area contributed by atoms with Crippen molar-refractivity contribution in [2.75, 3.05) is 5.32 Å². The second kappa shape index (κ2) is 8.23. The minimum atomic E-state index is -1.07. The molecular formula is C22H16BrNO4S. The van der Waals surface area contributed by atoms with E-state index in [1.807, 2.05) is 48.5 Å². The number of thiophene rings is 1. The summed E-state index contributed by atoms with van der Waals surface area (Å²) < 4.78 is 5.47. The zero-order chi connectivity index (χ0) is 20.4. The van der Waals surface area contributed by atoms with E-state index in [1.54, 1.807) is 11.6 Å². The third kappa shape index (κ3) is 3.97. The van der Waals surface area contributed by atoms with Crippen molar-refractivity contribution in [2.24, 2.45) is 0 Å². The van der Waals surface area contributed by atoms with Crippen LogP contribution in [0.2, 0.25) is 0 Å². The van der Waals surface area contributed by atoms with Gasteiger partial charge in [-0.05, 0) is 17.2 Å². The number of halogens is 1. The highest BCUT2D eigenvalue weighted by atomic mass is 79.9. The molecule has 0 saturated heterocycles. The van der Waals surface area contributed by atoms with Gasteiger partial charge in [0.05, 0.1) is 12.7 Å². The van der Waals surface area contributed by atoms with E-state index in [4.69, 9.17) is 4.42 Å². The van der Waals surface area contributed by atoms with Gasteiger partial charge in [-0.1, -0.05) is 58.4 Å². The van der Waals surface area contributed by atoms with Gasteiger partial charge < -0.3 is 14.8 Å². The maximum atomic E-state index is 12.6. The number of carbonyl (C=O) groups excluding carboxylic acids is 1. The summed E-state index contributed by atoms with van der Waals surface area (Å²) in [7, 11) is 0. The number of benzene rings is 2. The topological polar surface area (TPSA) is 79.5 Å². The Morgan fingerprint density at radius 2 is 1.86 bits per heavy atom. The molecule has 2 N–H and O–H groups in total. The monoisotopic (exact) mass is 469 g/mol. The number of rotatable bonds is 6. The number of amides is 1. The zero-order valence-electron chi connectivity index (χ0n) is 15.1. The minimum Gasteiger partial charge on any atom is -0.478 e. The van der Waals surface area contributed by atoms with Crippen LogP contribution in [0.5, 0.6) is 0 Å². The van der Waals surface area contributed by atoms with E-state index in [0.717, 1.165) is 27.4 Å². The van der Waals surface area contributed by atoms with Crippen molar-refractivity contribution < 1.29 is 19.1 Å². The SMILES string of the molecule is O=C(Cc1coc2ccccc12)Nc1scc(-c2ccc(CBr)cc2)c1C(=O)O. The van der Waals surface area contributed by atoms with Gasteiger partial charge in [0.2, 0.25) is 5.91 Å². The fraction of sp³-hybridized carbons (Fsp3) is 0.0909. The zero-order valence-corrected chi connectivity index (χ0v) is 17.5. The second-order valence-corrected chi connectivity index (χ2v) is 7.91. The molecule has 0 saturated carbocycles. The number of carboxylic acids is 1. The fourth-order valence-electron chi connectivity index (χ4n) is 3.16. The van der Waals surface area contributed by atoms with E-state index in [-0.39, 0.29) is 17.9 Å². The lowest BCUT2D eigenvalue weighted by Gasteiger charge is -2.06. The van der Waals surface area contributed by atoms with Gasteiger partial charge in [-0.25, -0.2) is 4.79 Å². The molecule has 29 heavy (non-hydrogen) atoms. The second-order valence-electron chi connectivity index (χ2n) is 6.47. The van der Waals surface area contributed by atoms with Gasteiger partial charge >= 0.3 is 5.97 Å². The van der Waals surface area contributed by atoms with Crippen LogP contribution in [0, 0.1) is 0 Å². The van der Waals surface area contributed by atoms with Crippen molar-refractivity contribution in [3.05, 3.63) is 76.9 Å². The lowest BCUT2D eigenvalue weighted by Crippen LogP contribution is -2.15. The third-order valence-corrected chi connectivity index (χ3v) is 6.13. The van der Waals surface area contributed by atoms with Crippen molar-refractivity contribution in [1.82, 2.24) is 0 Å². The quantitative estimate of drug-likeness (QED) is 0.342. The summed E-state index contributed by atoms with van der Waals surface area (Å²) in [5, 5.41) is 16.2. The minimum absolute atomic E-state index is 0.100. The average Bonchev–Trinajstić information content (AvgIpc) is 3.33. The molecule has 7 heteroatoms. The molecule has 0 fully saturated rings. The lowest BCUT2D eigenvalue weighted by molar-refractivity contribution is -0.115. The summed E-state index contributed by atoms with van der Waals surface area (Å²) in [4.78, 5) is 24.5. The number of carbonyl (C=O) groups is 2. The van der Waals surface area contributed by atoms with E-state index in [9.17, 15) is 14.7 Å². The Kier molecular flexibility index (Phi) is 5.51. The highest BCUT2D eigenvalue weighted by Crippen LogP contribution is 2.36. The number of fused-ring (bicyclic) bond motifs is 1. The molecule has 0 atom stereocenters. The van der Waals surface area contributed by atoms with Gasteiger partial charge in [0.1, 0.15) is 16.1 Å². The largest absolute Gasteiger partial charge is 0.478 e. The average molecular weight is 470 g/mol. The summed E-state index contributed by atoms with van der Waals surface area (Å²) in [6, 6.07) is 15.1. The fourth-order valence-corrected chi connectivity index (χ4v) is 4.51. The maximum absolute atomic E-state index is 12.6. The molecule has 1 amide bonds. The molecule has 0 spiro atoms. The van der Waals surface area contributed by atoms with Crippen LogP contribution in [0.4, 0.5) is 5.00 Å². The molecule has 2 aromatic carbocycles. The summed E-state index contributed by atoms with van der Waals surface area (Å²) in [5.41, 5.74) is 4.06. The molecule has 0 aliphatic heterocycles. The number of anilines is 1. The molecule has 4 rings (SSSR count). The number of carboxylic acid groups (broad SMARTS) is 1. The van der Waals surface area contributed by atoms with E-state index in [2.05, 4.69) is 21.2 Å². The lowest BCUT2D eigenvalue weighted by atomic mass is 10.0. The van der Waals surface area contributed by atoms with Crippen molar-refractivity contribution in [1.29, 1.82) is 0 Å². The Morgan fingerprint density at radius 1 is 1.10 bits per heavy atom.